The lowest BCUT2D eigenvalue weighted by molar-refractivity contribution is -0.122. The Bertz CT molecular complexity index is 1100. The maximum Gasteiger partial charge on any atom is 0.229 e. The average molecular weight is 392 g/mol. The number of fused-ring (bicyclic) bond motifs is 1. The van der Waals surface area contributed by atoms with Gasteiger partial charge in [0, 0.05) is 43.9 Å². The molecule has 148 valence electrons. The van der Waals surface area contributed by atoms with Crippen molar-refractivity contribution < 1.29 is 18.8 Å². The molecule has 0 bridgehead atoms. The largest absolute Gasteiger partial charge is 0.441 e. The summed E-state index contributed by atoms with van der Waals surface area (Å²) in [6.07, 6.45) is 0.145. The number of aromatic nitrogens is 1. The van der Waals surface area contributed by atoms with Crippen LogP contribution in [0.5, 0.6) is 0 Å². The van der Waals surface area contributed by atoms with Crippen LogP contribution in [0.25, 0.3) is 11.1 Å². The lowest BCUT2D eigenvalue weighted by atomic mass is 10.1. The van der Waals surface area contributed by atoms with Gasteiger partial charge in [0.15, 0.2) is 11.5 Å². The molecule has 0 spiro atoms. The van der Waals surface area contributed by atoms with Crippen LogP contribution in [-0.2, 0) is 14.4 Å². The number of hydrogen-bond donors (Lipinski definition) is 2. The van der Waals surface area contributed by atoms with Crippen molar-refractivity contribution in [1.82, 2.24) is 4.98 Å². The van der Waals surface area contributed by atoms with Crippen LogP contribution in [-0.4, -0.2) is 29.3 Å². The number of nitrogens with one attached hydrogen (secondary N) is 2. The van der Waals surface area contributed by atoms with E-state index in [1.165, 1.54) is 6.92 Å². The Labute approximate surface area is 166 Å². The summed E-state index contributed by atoms with van der Waals surface area (Å²) in [6.45, 7) is 3.50. The van der Waals surface area contributed by atoms with Gasteiger partial charge >= 0.3 is 0 Å². The number of hydrogen-bond acceptors (Lipinski definition) is 5. The van der Waals surface area contributed by atoms with Gasteiger partial charge in [0.1, 0.15) is 5.52 Å². The van der Waals surface area contributed by atoms with Gasteiger partial charge in [-0.2, -0.15) is 0 Å². The van der Waals surface area contributed by atoms with Gasteiger partial charge in [-0.25, -0.2) is 4.98 Å². The Kier molecular flexibility index (Phi) is 4.75. The van der Waals surface area contributed by atoms with Crippen molar-refractivity contribution in [2.45, 2.75) is 20.3 Å². The molecule has 1 aliphatic heterocycles. The predicted octanol–water partition coefficient (Wildman–Crippen LogP) is 3.09. The van der Waals surface area contributed by atoms with Crippen LogP contribution in [0, 0.1) is 12.8 Å². The van der Waals surface area contributed by atoms with E-state index in [1.54, 1.807) is 54.3 Å². The van der Waals surface area contributed by atoms with Gasteiger partial charge in [-0.1, -0.05) is 0 Å². The zero-order chi connectivity index (χ0) is 20.5. The summed E-state index contributed by atoms with van der Waals surface area (Å²) < 4.78 is 5.47. The molecule has 3 aromatic rings. The molecule has 1 fully saturated rings. The van der Waals surface area contributed by atoms with Crippen LogP contribution in [0.4, 0.5) is 17.1 Å². The number of rotatable bonds is 4. The summed E-state index contributed by atoms with van der Waals surface area (Å²) in [6, 6.07) is 12.2. The van der Waals surface area contributed by atoms with Crippen LogP contribution in [0.1, 0.15) is 19.2 Å². The fourth-order valence-electron chi connectivity index (χ4n) is 3.42. The van der Waals surface area contributed by atoms with Crippen molar-refractivity contribution in [3.63, 3.8) is 0 Å². The first-order valence-electron chi connectivity index (χ1n) is 9.25. The molecular weight excluding hydrogens is 372 g/mol. The third-order valence-electron chi connectivity index (χ3n) is 4.76. The summed E-state index contributed by atoms with van der Waals surface area (Å²) in [5.74, 6) is -0.374. The van der Waals surface area contributed by atoms with E-state index < -0.39 is 5.92 Å². The van der Waals surface area contributed by atoms with E-state index >= 15 is 0 Å². The van der Waals surface area contributed by atoms with Gasteiger partial charge < -0.3 is 20.0 Å². The minimum Gasteiger partial charge on any atom is -0.441 e. The highest BCUT2D eigenvalue weighted by Gasteiger charge is 2.35. The van der Waals surface area contributed by atoms with E-state index in [1.807, 2.05) is 0 Å². The molecule has 0 saturated carbocycles. The van der Waals surface area contributed by atoms with Crippen LogP contribution in [0.15, 0.2) is 46.9 Å². The van der Waals surface area contributed by atoms with Gasteiger partial charge in [0.2, 0.25) is 17.7 Å². The third kappa shape index (κ3) is 3.96. The van der Waals surface area contributed by atoms with Crippen molar-refractivity contribution in [2.75, 3.05) is 22.1 Å². The minimum atomic E-state index is -0.452. The van der Waals surface area contributed by atoms with Crippen LogP contribution >= 0.6 is 0 Å². The Hall–Kier alpha value is -3.68. The second kappa shape index (κ2) is 7.38. The minimum absolute atomic E-state index is 0.106. The Morgan fingerprint density at radius 2 is 1.79 bits per heavy atom. The third-order valence-corrected chi connectivity index (χ3v) is 4.76. The average Bonchev–Trinajstić information content (AvgIpc) is 3.24. The van der Waals surface area contributed by atoms with E-state index in [9.17, 15) is 14.4 Å². The van der Waals surface area contributed by atoms with E-state index in [2.05, 4.69) is 15.6 Å². The fraction of sp³-hybridized carbons (Fsp3) is 0.238. The Morgan fingerprint density at radius 3 is 2.48 bits per heavy atom. The number of benzene rings is 2. The van der Waals surface area contributed by atoms with Crippen molar-refractivity contribution in [1.29, 1.82) is 0 Å². The standard InChI is InChI=1S/C21H20N4O4/c1-12(26)22-15-3-5-16(6-4-15)24-21(28)14-9-20(27)25(11-14)17-7-8-19-18(10-17)23-13(2)29-19/h3-8,10,14H,9,11H2,1-2H3,(H,22,26)(H,24,28). The van der Waals surface area contributed by atoms with E-state index in [0.29, 0.717) is 40.6 Å². The smallest absolute Gasteiger partial charge is 0.229 e. The molecule has 4 rings (SSSR count). The van der Waals surface area contributed by atoms with E-state index in [4.69, 9.17) is 4.42 Å². The molecule has 8 nitrogen and oxygen atoms in total. The van der Waals surface area contributed by atoms with Gasteiger partial charge in [-0.3, -0.25) is 14.4 Å². The molecule has 1 atom stereocenters. The molecule has 1 saturated heterocycles. The van der Waals surface area contributed by atoms with Crippen LogP contribution in [0.3, 0.4) is 0 Å². The monoisotopic (exact) mass is 392 g/mol. The van der Waals surface area contributed by atoms with Crippen LogP contribution in [0.2, 0.25) is 0 Å². The molecular formula is C21H20N4O4. The van der Waals surface area contributed by atoms with Gasteiger partial charge in [0.25, 0.3) is 0 Å². The molecule has 0 radical (unpaired) electrons. The molecule has 3 amide bonds. The molecule has 2 aromatic carbocycles. The molecule has 2 heterocycles. The number of amides is 3. The lowest BCUT2D eigenvalue weighted by Crippen LogP contribution is -2.28. The van der Waals surface area contributed by atoms with Gasteiger partial charge in [-0.05, 0) is 42.5 Å². The number of carbonyl (C=O) groups is 3. The van der Waals surface area contributed by atoms with Crippen molar-refractivity contribution in [3.8, 4) is 0 Å². The maximum absolute atomic E-state index is 12.6. The second-order valence-electron chi connectivity index (χ2n) is 7.04. The number of nitrogens with zero attached hydrogens (tertiary/aromatic N) is 2. The quantitative estimate of drug-likeness (QED) is 0.710. The first-order valence-corrected chi connectivity index (χ1v) is 9.25. The molecule has 2 N–H and O–H groups in total. The summed E-state index contributed by atoms with van der Waals surface area (Å²) in [7, 11) is 0. The summed E-state index contributed by atoms with van der Waals surface area (Å²) in [5, 5.41) is 5.50. The summed E-state index contributed by atoms with van der Waals surface area (Å²) >= 11 is 0. The zero-order valence-corrected chi connectivity index (χ0v) is 16.1. The lowest BCUT2D eigenvalue weighted by Gasteiger charge is -2.16. The number of anilines is 3. The van der Waals surface area contributed by atoms with E-state index in [-0.39, 0.29) is 24.1 Å². The molecule has 1 aliphatic rings. The Morgan fingerprint density at radius 1 is 1.10 bits per heavy atom. The molecule has 0 aliphatic carbocycles. The summed E-state index contributed by atoms with van der Waals surface area (Å²) in [4.78, 5) is 42.1. The Balaban J connectivity index is 1.43. The fourth-order valence-corrected chi connectivity index (χ4v) is 3.42. The number of carbonyl (C=O) groups excluding carboxylic acids is 3. The van der Waals surface area contributed by atoms with Crippen LogP contribution < -0.4 is 15.5 Å². The molecule has 29 heavy (non-hydrogen) atoms. The van der Waals surface area contributed by atoms with Crippen molar-refractivity contribution in [2.24, 2.45) is 5.92 Å². The topological polar surface area (TPSA) is 105 Å². The van der Waals surface area contributed by atoms with Crippen molar-refractivity contribution in [3.05, 3.63) is 48.4 Å². The van der Waals surface area contributed by atoms with E-state index in [0.717, 1.165) is 0 Å². The highest BCUT2D eigenvalue weighted by atomic mass is 16.3. The first-order chi connectivity index (χ1) is 13.9. The number of oxazole rings is 1. The second-order valence-corrected chi connectivity index (χ2v) is 7.04. The predicted molar refractivity (Wildman–Crippen MR) is 109 cm³/mol. The summed E-state index contributed by atoms with van der Waals surface area (Å²) in [5.41, 5.74) is 3.30. The molecule has 1 aromatic heterocycles. The van der Waals surface area contributed by atoms with Gasteiger partial charge in [0.05, 0.1) is 5.92 Å². The molecule has 8 heteroatoms. The van der Waals surface area contributed by atoms with Crippen molar-refractivity contribution >= 4 is 45.9 Å². The number of aryl methyl sites for hydroxylation is 1. The maximum atomic E-state index is 12.6. The first kappa shape index (κ1) is 18.7. The highest BCUT2D eigenvalue weighted by Crippen LogP contribution is 2.29. The zero-order valence-electron chi connectivity index (χ0n) is 16.1. The normalized spacial score (nSPS) is 16.3. The van der Waals surface area contributed by atoms with Gasteiger partial charge in [-0.15, -0.1) is 0 Å². The molecule has 1 unspecified atom stereocenters. The highest BCUT2D eigenvalue weighted by molar-refractivity contribution is 6.04. The SMILES string of the molecule is CC(=O)Nc1ccc(NC(=O)C2CC(=O)N(c3ccc4oc(C)nc4c3)C2)cc1.